The third-order valence-corrected chi connectivity index (χ3v) is 2.67. The average molecular weight is 403 g/mol. The quantitative estimate of drug-likeness (QED) is 0.251. The molecule has 1 aromatic heterocycles. The van der Waals surface area contributed by atoms with Crippen molar-refractivity contribution in [3.05, 3.63) is 24.2 Å². The third kappa shape index (κ3) is 9.12. The fraction of sp³-hybridized carbons (Fsp3) is 0.250. The van der Waals surface area contributed by atoms with E-state index in [-0.39, 0.29) is 29.8 Å². The molecule has 0 saturated heterocycles. The van der Waals surface area contributed by atoms with Crippen molar-refractivity contribution in [2.75, 3.05) is 7.05 Å². The van der Waals surface area contributed by atoms with E-state index < -0.39 is 0 Å². The van der Waals surface area contributed by atoms with Gasteiger partial charge in [-0.15, -0.1) is 0 Å². The van der Waals surface area contributed by atoms with Crippen LogP contribution in [0.2, 0.25) is 0 Å². The summed E-state index contributed by atoms with van der Waals surface area (Å²) < 4.78 is 5.07. The van der Waals surface area contributed by atoms with Crippen LogP contribution < -0.4 is 10.7 Å². The molecule has 0 bridgehead atoms. The number of hydrogen-bond acceptors (Lipinski definition) is 8. The fourth-order valence-corrected chi connectivity index (χ4v) is 1.11. The molecule has 0 amide bonds. The Morgan fingerprint density at radius 1 is 1.09 bits per heavy atom. The molecular formula is C12H15N7OS2Zn. The molecule has 118 valence electrons. The maximum Gasteiger partial charge on any atom is 2.00 e. The Labute approximate surface area is 158 Å². The Kier molecular flexibility index (Phi) is 10.9. The first kappa shape index (κ1) is 21.3. The summed E-state index contributed by atoms with van der Waals surface area (Å²) in [7, 11) is 1.67. The predicted molar refractivity (Wildman–Crippen MR) is 94.3 cm³/mol. The van der Waals surface area contributed by atoms with Gasteiger partial charge in [-0.3, -0.25) is 5.43 Å². The van der Waals surface area contributed by atoms with Crippen LogP contribution in [0, 0.1) is 0 Å². The van der Waals surface area contributed by atoms with E-state index in [4.69, 9.17) is 29.7 Å². The molecule has 0 fully saturated rings. The summed E-state index contributed by atoms with van der Waals surface area (Å²) >= 11 is 9.80. The van der Waals surface area contributed by atoms with Gasteiger partial charge in [-0.2, -0.15) is 25.5 Å². The topological polar surface area (TPSA) is 99.0 Å². The van der Waals surface area contributed by atoms with E-state index in [9.17, 15) is 0 Å². The smallest absolute Gasteiger partial charge is 0.741 e. The minimum atomic E-state index is 0. The second-order valence-corrected chi connectivity index (χ2v) is 4.59. The van der Waals surface area contributed by atoms with Crippen LogP contribution in [-0.2, 0) is 44.7 Å². The van der Waals surface area contributed by atoms with Crippen molar-refractivity contribution in [3.8, 4) is 0 Å². The van der Waals surface area contributed by atoms with Crippen LogP contribution in [0.4, 0.5) is 0 Å². The molecule has 0 atom stereocenters. The van der Waals surface area contributed by atoms with E-state index in [1.165, 1.54) is 6.21 Å². The number of nitrogens with one attached hydrogen (secondary N) is 2. The van der Waals surface area contributed by atoms with Crippen molar-refractivity contribution in [2.45, 2.75) is 13.8 Å². The van der Waals surface area contributed by atoms with Gasteiger partial charge in [0.15, 0.2) is 0 Å². The van der Waals surface area contributed by atoms with Gasteiger partial charge in [-0.1, -0.05) is 0 Å². The van der Waals surface area contributed by atoms with Gasteiger partial charge in [0.2, 0.25) is 0 Å². The van der Waals surface area contributed by atoms with E-state index in [2.05, 4.69) is 36.2 Å². The van der Waals surface area contributed by atoms with E-state index in [1.54, 1.807) is 39.3 Å². The number of amidine groups is 2. The van der Waals surface area contributed by atoms with Gasteiger partial charge in [-0.05, 0) is 31.1 Å². The molecule has 0 aromatic carbocycles. The zero-order valence-corrected chi connectivity index (χ0v) is 17.6. The second-order valence-electron chi connectivity index (χ2n) is 3.82. The summed E-state index contributed by atoms with van der Waals surface area (Å²) in [6.07, 6.45) is 3.02. The van der Waals surface area contributed by atoms with Crippen LogP contribution in [0.25, 0.3) is 0 Å². The Balaban J connectivity index is 0.00000484. The first-order valence-electron chi connectivity index (χ1n) is 6.12. The van der Waals surface area contributed by atoms with Crippen molar-refractivity contribution >= 4 is 53.2 Å². The van der Waals surface area contributed by atoms with E-state index in [0.29, 0.717) is 17.2 Å². The minimum absolute atomic E-state index is 0. The van der Waals surface area contributed by atoms with Gasteiger partial charge >= 0.3 is 19.5 Å². The zero-order valence-electron chi connectivity index (χ0n) is 13.0. The summed E-state index contributed by atoms with van der Waals surface area (Å²) in [5.74, 6) is 0.597. The molecule has 0 saturated carbocycles. The van der Waals surface area contributed by atoms with Gasteiger partial charge in [0.05, 0.1) is 23.9 Å². The SMILES string of the molecule is CN/C([S-])=N/N=C(C)/C(C)=N/N=C(\[S-])N/N=C/c1ccco1.[Zn+2]. The van der Waals surface area contributed by atoms with Crippen molar-refractivity contribution in [2.24, 2.45) is 25.5 Å². The molecule has 1 heterocycles. The first-order chi connectivity index (χ1) is 10.5. The summed E-state index contributed by atoms with van der Waals surface area (Å²) in [6.45, 7) is 3.47. The van der Waals surface area contributed by atoms with Crippen LogP contribution in [0.1, 0.15) is 19.6 Å². The molecule has 11 heteroatoms. The summed E-state index contributed by atoms with van der Waals surface area (Å²) in [4.78, 5) is 0. The molecule has 8 nitrogen and oxygen atoms in total. The van der Waals surface area contributed by atoms with Crippen LogP contribution in [-0.4, -0.2) is 35.0 Å². The van der Waals surface area contributed by atoms with Crippen molar-refractivity contribution < 1.29 is 23.9 Å². The van der Waals surface area contributed by atoms with E-state index in [1.807, 2.05) is 0 Å². The molecule has 0 aliphatic carbocycles. The van der Waals surface area contributed by atoms with Gasteiger partial charge in [0.1, 0.15) is 5.76 Å². The molecule has 2 N–H and O–H groups in total. The second kappa shape index (κ2) is 11.8. The van der Waals surface area contributed by atoms with Crippen LogP contribution >= 0.6 is 0 Å². The van der Waals surface area contributed by atoms with Gasteiger partial charge < -0.3 is 35.0 Å². The minimum Gasteiger partial charge on any atom is -0.741 e. The number of hydrazone groups is 1. The first-order valence-corrected chi connectivity index (χ1v) is 6.93. The van der Waals surface area contributed by atoms with Gasteiger partial charge in [0, 0.05) is 12.2 Å². The van der Waals surface area contributed by atoms with Crippen LogP contribution in [0.15, 0.2) is 48.3 Å². The molecule has 0 aliphatic heterocycles. The number of nitrogens with zero attached hydrogens (tertiary/aromatic N) is 5. The van der Waals surface area contributed by atoms with Gasteiger partial charge in [0.25, 0.3) is 0 Å². The van der Waals surface area contributed by atoms with Gasteiger partial charge in [-0.25, -0.2) is 0 Å². The summed E-state index contributed by atoms with van der Waals surface area (Å²) in [6, 6.07) is 3.51. The zero-order chi connectivity index (χ0) is 16.4. The average Bonchev–Trinajstić information content (AvgIpc) is 3.03. The molecule has 0 spiro atoms. The fourth-order valence-electron chi connectivity index (χ4n) is 0.974. The van der Waals surface area contributed by atoms with Crippen LogP contribution in [0.5, 0.6) is 0 Å². The van der Waals surface area contributed by atoms with Crippen molar-refractivity contribution in [1.29, 1.82) is 0 Å². The Hall–Kier alpha value is -1.71. The maximum atomic E-state index is 5.07. The number of rotatable bonds is 5. The van der Waals surface area contributed by atoms with Crippen molar-refractivity contribution in [1.82, 2.24) is 10.7 Å². The normalized spacial score (nSPS) is 13.9. The Morgan fingerprint density at radius 3 is 2.22 bits per heavy atom. The maximum absolute atomic E-state index is 5.07. The van der Waals surface area contributed by atoms with E-state index >= 15 is 0 Å². The Bertz CT molecular complexity index is 623. The summed E-state index contributed by atoms with van der Waals surface area (Å²) in [5.41, 5.74) is 3.68. The van der Waals surface area contributed by atoms with Crippen LogP contribution in [0.3, 0.4) is 0 Å². The monoisotopic (exact) mass is 401 g/mol. The molecule has 0 radical (unpaired) electrons. The molecule has 1 aromatic rings. The largest absolute Gasteiger partial charge is 2.00 e. The van der Waals surface area contributed by atoms with Crippen molar-refractivity contribution in [3.63, 3.8) is 0 Å². The molecule has 0 unspecified atom stereocenters. The van der Waals surface area contributed by atoms with E-state index in [0.717, 1.165) is 0 Å². The Morgan fingerprint density at radius 2 is 1.70 bits per heavy atom. The standard InChI is InChI=1S/C12H17N7OS2.Zn/c1-8(15-18-11(21)13-3)9(2)16-19-12(22)17-14-7-10-5-4-6-20-10;/h4-7H,1-3H3,(H2,13,18,21)(H2,17,19,22);/q;+2/p-2/b14-7+,15-8+,16-9+;. The number of furan rings is 1. The summed E-state index contributed by atoms with van der Waals surface area (Å²) in [5, 5.41) is 22.4. The predicted octanol–water partition coefficient (Wildman–Crippen LogP) is 0.978. The molecule has 0 aliphatic rings. The molecule has 1 rings (SSSR count). The molecule has 23 heavy (non-hydrogen) atoms. The third-order valence-electron chi connectivity index (χ3n) is 2.21. The number of hydrogen-bond donors (Lipinski definition) is 2. The molecular weight excluding hydrogens is 388 g/mol.